The van der Waals surface area contributed by atoms with Crippen LogP contribution < -0.4 is 0 Å². The van der Waals surface area contributed by atoms with Crippen LogP contribution in [0, 0.1) is 0 Å². The van der Waals surface area contributed by atoms with Crippen molar-refractivity contribution in [3.05, 3.63) is 0 Å². The molecule has 0 radical (unpaired) electrons. The molecule has 0 N–H and O–H groups in total. The number of unbranched alkanes of at least 4 members (excludes halogenated alkanes) is 36. The van der Waals surface area contributed by atoms with Gasteiger partial charge in [0.2, 0.25) is 0 Å². The molecule has 0 saturated carbocycles. The van der Waals surface area contributed by atoms with Gasteiger partial charge in [-0.25, -0.2) is 0 Å². The molecule has 0 atom stereocenters. The highest BCUT2D eigenvalue weighted by molar-refractivity contribution is 5.69. The number of ether oxygens (including phenoxy) is 24. The molecule has 26 heteroatoms. The molecule has 0 aromatic carbocycles. The van der Waals surface area contributed by atoms with Crippen molar-refractivity contribution in [2.24, 2.45) is 0 Å². The lowest BCUT2D eigenvalue weighted by atomic mass is 10.0. The summed E-state index contributed by atoms with van der Waals surface area (Å²) in [5.74, 6) is -0.269. The van der Waals surface area contributed by atoms with Crippen molar-refractivity contribution in [1.82, 2.24) is 0 Å². The summed E-state index contributed by atoms with van der Waals surface area (Å²) in [4.78, 5) is 24.1. The van der Waals surface area contributed by atoms with Gasteiger partial charge in [0.1, 0.15) is 13.2 Å². The van der Waals surface area contributed by atoms with Crippen LogP contribution in [0.5, 0.6) is 0 Å². The smallest absolute Gasteiger partial charge is 0.305 e. The molecule has 0 bridgehead atoms. The van der Waals surface area contributed by atoms with Crippen LogP contribution in [0.2, 0.25) is 0 Å². The molecule has 0 aromatic heterocycles. The Morgan fingerprint density at radius 1 is 0.121 bits per heavy atom. The molecule has 0 saturated heterocycles. The first-order valence-electron chi connectivity index (χ1n) is 46.7. The number of carbonyl (C=O) groups is 2. The molecule has 694 valence electrons. The Morgan fingerprint density at radius 3 is 0.310 bits per heavy atom. The molecule has 0 fully saturated rings. The Kier molecular flexibility index (Phi) is 107. The Hall–Kier alpha value is -1.94. The van der Waals surface area contributed by atoms with Crippen molar-refractivity contribution in [1.29, 1.82) is 0 Å². The van der Waals surface area contributed by atoms with Gasteiger partial charge in [-0.05, 0) is 12.8 Å². The first-order chi connectivity index (χ1) is 57.7. The van der Waals surface area contributed by atoms with Gasteiger partial charge in [0.05, 0.1) is 291 Å². The van der Waals surface area contributed by atoms with E-state index < -0.39 is 0 Å². The van der Waals surface area contributed by atoms with Gasteiger partial charge in [0.25, 0.3) is 0 Å². The third kappa shape index (κ3) is 108. The van der Waals surface area contributed by atoms with Crippen molar-refractivity contribution >= 4 is 11.9 Å². The quantitative estimate of drug-likeness (QED) is 0.0405. The van der Waals surface area contributed by atoms with Gasteiger partial charge in [0.15, 0.2) is 0 Å². The molecule has 26 nitrogen and oxygen atoms in total. The summed E-state index contributed by atoms with van der Waals surface area (Å²) in [7, 11) is 0. The normalized spacial score (nSPS) is 11.7. The third-order valence-corrected chi connectivity index (χ3v) is 18.8. The summed E-state index contributed by atoms with van der Waals surface area (Å²) in [6.07, 6.45) is 51.9. The molecule has 0 heterocycles. The monoisotopic (exact) mass is 1680 g/mol. The number of esters is 2. The fourth-order valence-electron chi connectivity index (χ4n) is 12.0. The average molecular weight is 1680 g/mol. The van der Waals surface area contributed by atoms with Crippen LogP contribution in [0.15, 0.2) is 0 Å². The van der Waals surface area contributed by atoms with E-state index >= 15 is 0 Å². The van der Waals surface area contributed by atoms with Gasteiger partial charge in [-0.3, -0.25) is 9.59 Å². The highest BCUT2D eigenvalue weighted by Gasteiger charge is 2.08. The summed E-state index contributed by atoms with van der Waals surface area (Å²) >= 11 is 0. The average Bonchev–Trinajstić information content (AvgIpc) is 1.10. The van der Waals surface area contributed by atoms with Crippen LogP contribution in [0.1, 0.15) is 271 Å². The molecule has 0 unspecified atom stereocenters. The van der Waals surface area contributed by atoms with Gasteiger partial charge in [-0.15, -0.1) is 0 Å². The van der Waals surface area contributed by atoms with E-state index in [2.05, 4.69) is 13.8 Å². The lowest BCUT2D eigenvalue weighted by Crippen LogP contribution is -2.16. The second-order valence-corrected chi connectivity index (χ2v) is 29.1. The standard InChI is InChI=1S/C90H178O26/c1-3-5-7-9-11-13-15-17-19-21-23-25-27-29-31-33-35-37-39-41-89(91)115-87-85-113-83-81-111-79-77-109-75-73-107-71-69-105-67-65-103-63-61-101-59-57-99-55-53-97-51-49-95-47-45-93-43-44-94-46-48-96-50-52-98-54-56-100-58-60-102-62-64-104-66-68-106-70-72-108-74-76-110-78-80-112-82-84-114-86-88-116-90(92)42-40-38-36-34-32-30-28-26-24-22-20-18-16-14-12-10-8-6-4-2/h3-88H2,1-2H3. The number of rotatable bonds is 109. The van der Waals surface area contributed by atoms with E-state index in [1.807, 2.05) is 0 Å². The van der Waals surface area contributed by atoms with Crippen LogP contribution in [0.25, 0.3) is 0 Å². The van der Waals surface area contributed by atoms with Gasteiger partial charge in [-0.2, -0.15) is 0 Å². The highest BCUT2D eigenvalue weighted by Crippen LogP contribution is 2.18. The lowest BCUT2D eigenvalue weighted by molar-refractivity contribution is -0.146. The van der Waals surface area contributed by atoms with E-state index in [9.17, 15) is 9.59 Å². The lowest BCUT2D eigenvalue weighted by Gasteiger charge is -2.09. The summed E-state index contributed by atoms with van der Waals surface area (Å²) in [6, 6.07) is 0. The molecular formula is C90H178O26. The maximum Gasteiger partial charge on any atom is 0.305 e. The first-order valence-corrected chi connectivity index (χ1v) is 46.7. The molecule has 0 aromatic rings. The van der Waals surface area contributed by atoms with Crippen LogP contribution in [-0.4, -0.2) is 316 Å². The van der Waals surface area contributed by atoms with E-state index in [1.54, 1.807) is 0 Å². The van der Waals surface area contributed by atoms with Crippen LogP contribution in [-0.2, 0) is 123 Å². The fourth-order valence-corrected chi connectivity index (χ4v) is 12.0. The number of hydrogen-bond acceptors (Lipinski definition) is 26. The first kappa shape index (κ1) is 114. The number of hydrogen-bond donors (Lipinski definition) is 0. The van der Waals surface area contributed by atoms with Crippen LogP contribution in [0.3, 0.4) is 0 Å². The highest BCUT2D eigenvalue weighted by atomic mass is 16.6. The topological polar surface area (TPSA) is 256 Å². The molecule has 0 spiro atoms. The fraction of sp³-hybridized carbons (Fsp3) is 0.978. The van der Waals surface area contributed by atoms with Crippen molar-refractivity contribution in [3.8, 4) is 0 Å². The van der Waals surface area contributed by atoms with Crippen molar-refractivity contribution in [3.63, 3.8) is 0 Å². The summed E-state index contributed by atoms with van der Waals surface area (Å²) < 4.78 is 133. The molecule has 0 rings (SSSR count). The Morgan fingerprint density at radius 2 is 0.207 bits per heavy atom. The molecule has 0 amide bonds. The zero-order valence-corrected chi connectivity index (χ0v) is 74.4. The molecule has 0 aliphatic carbocycles. The Bertz CT molecular complexity index is 1650. The second-order valence-electron chi connectivity index (χ2n) is 29.1. The van der Waals surface area contributed by atoms with Crippen molar-refractivity contribution in [2.75, 3.05) is 304 Å². The largest absolute Gasteiger partial charge is 0.463 e. The molecule has 0 aliphatic heterocycles. The minimum Gasteiger partial charge on any atom is -0.463 e. The van der Waals surface area contributed by atoms with E-state index in [0.717, 1.165) is 25.7 Å². The minimum atomic E-state index is -0.135. The maximum atomic E-state index is 12.0. The third-order valence-electron chi connectivity index (χ3n) is 18.8. The van der Waals surface area contributed by atoms with E-state index in [4.69, 9.17) is 114 Å². The summed E-state index contributed by atoms with van der Waals surface area (Å²) in [5, 5.41) is 0. The molecular weight excluding hydrogens is 1500 g/mol. The maximum absolute atomic E-state index is 12.0. The van der Waals surface area contributed by atoms with Gasteiger partial charge >= 0.3 is 11.9 Å². The van der Waals surface area contributed by atoms with Gasteiger partial charge in [-0.1, -0.05) is 245 Å². The van der Waals surface area contributed by atoms with Gasteiger partial charge in [0, 0.05) is 12.8 Å². The van der Waals surface area contributed by atoms with E-state index in [1.165, 1.54) is 218 Å². The number of carbonyl (C=O) groups excluding carboxylic acids is 2. The zero-order valence-electron chi connectivity index (χ0n) is 74.4. The van der Waals surface area contributed by atoms with Crippen LogP contribution >= 0.6 is 0 Å². The van der Waals surface area contributed by atoms with E-state index in [-0.39, 0.29) is 25.2 Å². The predicted molar refractivity (Wildman–Crippen MR) is 456 cm³/mol. The second kappa shape index (κ2) is 109. The Labute approximate surface area is 706 Å². The summed E-state index contributed by atoms with van der Waals surface area (Å²) in [6.45, 7) is 26.0. The summed E-state index contributed by atoms with van der Waals surface area (Å²) in [5.41, 5.74) is 0. The predicted octanol–water partition coefficient (Wildman–Crippen LogP) is 16.1. The van der Waals surface area contributed by atoms with Crippen LogP contribution in [0.4, 0.5) is 0 Å². The van der Waals surface area contributed by atoms with Crippen molar-refractivity contribution < 1.29 is 123 Å². The Balaban J connectivity index is 3.14. The van der Waals surface area contributed by atoms with E-state index in [0.29, 0.717) is 304 Å². The molecule has 116 heavy (non-hydrogen) atoms. The SMILES string of the molecule is CCCCCCCCCCCCCCCCCCCCCC(=O)OCCOCCOCCOCCOCCOCCOCCOCCOCCOCCOCCOCCOCCOCCOCCOCCOCCOCCOCCOCCOCCOCCOCCOC(=O)CCCCCCCCCCCCCCCCCCCCC. The van der Waals surface area contributed by atoms with Crippen molar-refractivity contribution in [2.45, 2.75) is 271 Å². The zero-order chi connectivity index (χ0) is 82.9. The molecule has 0 aliphatic rings. The van der Waals surface area contributed by atoms with Gasteiger partial charge < -0.3 is 114 Å². The minimum absolute atomic E-state index is 0.135.